The van der Waals surface area contributed by atoms with Gasteiger partial charge in [-0.2, -0.15) is 0 Å². The summed E-state index contributed by atoms with van der Waals surface area (Å²) >= 11 is 0. The molecule has 1 aliphatic rings. The maximum Gasteiger partial charge on any atom is 0.0636 e. The molecule has 1 saturated heterocycles. The van der Waals surface area contributed by atoms with Crippen molar-refractivity contribution in [2.75, 3.05) is 26.3 Å². The minimum Gasteiger partial charge on any atom is -0.392 e. The Labute approximate surface area is 67.7 Å². The molecule has 0 aromatic rings. The van der Waals surface area contributed by atoms with Gasteiger partial charge in [-0.3, -0.25) is 0 Å². The van der Waals surface area contributed by atoms with Crippen molar-refractivity contribution in [2.24, 2.45) is 5.92 Å². The minimum atomic E-state index is -0.239. The van der Waals surface area contributed by atoms with Crippen molar-refractivity contribution in [3.05, 3.63) is 0 Å². The van der Waals surface area contributed by atoms with Gasteiger partial charge in [0.05, 0.1) is 12.7 Å². The Morgan fingerprint density at radius 2 is 2.55 bits per heavy atom. The third-order valence-corrected chi connectivity index (χ3v) is 1.90. The lowest BCUT2D eigenvalue weighted by molar-refractivity contribution is 0.176. The molecule has 0 amide bonds. The van der Waals surface area contributed by atoms with Gasteiger partial charge in [-0.15, -0.1) is 0 Å². The molecule has 2 atom stereocenters. The number of hydrogen-bond donors (Lipinski definition) is 2. The highest BCUT2D eigenvalue weighted by Crippen LogP contribution is 2.10. The van der Waals surface area contributed by atoms with E-state index in [2.05, 4.69) is 5.32 Å². The summed E-state index contributed by atoms with van der Waals surface area (Å²) < 4.78 is 5.21. The lowest BCUT2D eigenvalue weighted by atomic mass is 10.1. The Hall–Kier alpha value is -0.120. The molecule has 1 rings (SSSR count). The number of rotatable bonds is 4. The molecule has 0 saturated carbocycles. The molecule has 1 heterocycles. The Morgan fingerprint density at radius 1 is 1.73 bits per heavy atom. The van der Waals surface area contributed by atoms with Gasteiger partial charge in [0.15, 0.2) is 0 Å². The molecular weight excluding hydrogens is 142 g/mol. The second-order valence-corrected chi connectivity index (χ2v) is 3.24. The fourth-order valence-corrected chi connectivity index (χ4v) is 1.24. The highest BCUT2D eigenvalue weighted by molar-refractivity contribution is 4.67. The molecule has 0 aliphatic carbocycles. The Bertz CT molecular complexity index is 100. The summed E-state index contributed by atoms with van der Waals surface area (Å²) in [5, 5.41) is 12.1. The molecular formula is C8H17NO2. The van der Waals surface area contributed by atoms with Crippen LogP contribution in [0.2, 0.25) is 0 Å². The summed E-state index contributed by atoms with van der Waals surface area (Å²) in [4.78, 5) is 0. The molecule has 11 heavy (non-hydrogen) atoms. The van der Waals surface area contributed by atoms with E-state index in [0.717, 1.165) is 26.2 Å². The van der Waals surface area contributed by atoms with E-state index in [0.29, 0.717) is 12.5 Å². The second kappa shape index (κ2) is 4.70. The van der Waals surface area contributed by atoms with Crippen molar-refractivity contribution in [1.29, 1.82) is 0 Å². The van der Waals surface area contributed by atoms with Crippen LogP contribution >= 0.6 is 0 Å². The van der Waals surface area contributed by atoms with Crippen molar-refractivity contribution < 1.29 is 9.84 Å². The summed E-state index contributed by atoms with van der Waals surface area (Å²) in [5.41, 5.74) is 0. The second-order valence-electron chi connectivity index (χ2n) is 3.24. The van der Waals surface area contributed by atoms with Gasteiger partial charge in [0.25, 0.3) is 0 Å². The number of nitrogens with one attached hydrogen (secondary N) is 1. The monoisotopic (exact) mass is 159 g/mol. The third kappa shape index (κ3) is 3.70. The fraction of sp³-hybridized carbons (Fsp3) is 1.00. The molecule has 0 spiro atoms. The smallest absolute Gasteiger partial charge is 0.0636 e. The van der Waals surface area contributed by atoms with Crippen LogP contribution in [-0.4, -0.2) is 37.5 Å². The van der Waals surface area contributed by atoms with Crippen LogP contribution in [0.15, 0.2) is 0 Å². The first-order chi connectivity index (χ1) is 5.29. The van der Waals surface area contributed by atoms with Gasteiger partial charge in [0.2, 0.25) is 0 Å². The van der Waals surface area contributed by atoms with Crippen LogP contribution in [0.5, 0.6) is 0 Å². The Kier molecular flexibility index (Phi) is 3.83. The van der Waals surface area contributed by atoms with E-state index in [9.17, 15) is 0 Å². The van der Waals surface area contributed by atoms with Crippen LogP contribution in [0.25, 0.3) is 0 Å². The summed E-state index contributed by atoms with van der Waals surface area (Å²) in [6, 6.07) is 0. The molecule has 2 N–H and O–H groups in total. The highest BCUT2D eigenvalue weighted by atomic mass is 16.5. The average molecular weight is 159 g/mol. The zero-order valence-corrected chi connectivity index (χ0v) is 7.05. The van der Waals surface area contributed by atoms with Crippen molar-refractivity contribution in [2.45, 2.75) is 19.4 Å². The van der Waals surface area contributed by atoms with Crippen molar-refractivity contribution >= 4 is 0 Å². The minimum absolute atomic E-state index is 0.239. The molecule has 0 aromatic heterocycles. The molecule has 0 bridgehead atoms. The van der Waals surface area contributed by atoms with E-state index < -0.39 is 0 Å². The first-order valence-electron chi connectivity index (χ1n) is 4.25. The topological polar surface area (TPSA) is 41.5 Å². The van der Waals surface area contributed by atoms with E-state index in [-0.39, 0.29) is 6.10 Å². The summed E-state index contributed by atoms with van der Waals surface area (Å²) in [6.45, 7) is 5.24. The van der Waals surface area contributed by atoms with Gasteiger partial charge in [0.1, 0.15) is 0 Å². The summed E-state index contributed by atoms with van der Waals surface area (Å²) in [5.74, 6) is 0.661. The van der Waals surface area contributed by atoms with Gasteiger partial charge >= 0.3 is 0 Å². The number of aliphatic hydroxyl groups excluding tert-OH is 1. The molecule has 0 aromatic carbocycles. The predicted octanol–water partition coefficient (Wildman–Crippen LogP) is -0.00670. The molecule has 1 fully saturated rings. The standard InChI is InChI=1S/C8H17NO2/c1-7(10)4-9-5-8-2-3-11-6-8/h7-10H,2-6H2,1H3/t7-,8?/m0/s1. The molecule has 1 unspecified atom stereocenters. The maximum absolute atomic E-state index is 8.93. The molecule has 3 heteroatoms. The van der Waals surface area contributed by atoms with E-state index in [4.69, 9.17) is 9.84 Å². The zero-order chi connectivity index (χ0) is 8.10. The average Bonchev–Trinajstić information content (AvgIpc) is 2.39. The zero-order valence-electron chi connectivity index (χ0n) is 7.05. The lowest BCUT2D eigenvalue weighted by Crippen LogP contribution is -2.29. The number of hydrogen-bond acceptors (Lipinski definition) is 3. The molecule has 0 radical (unpaired) electrons. The molecule has 3 nitrogen and oxygen atoms in total. The van der Waals surface area contributed by atoms with Gasteiger partial charge in [-0.25, -0.2) is 0 Å². The number of ether oxygens (including phenoxy) is 1. The van der Waals surface area contributed by atoms with Crippen molar-refractivity contribution in [3.63, 3.8) is 0 Å². The summed E-state index contributed by atoms with van der Waals surface area (Å²) in [6.07, 6.45) is 0.921. The third-order valence-electron chi connectivity index (χ3n) is 1.90. The highest BCUT2D eigenvalue weighted by Gasteiger charge is 2.14. The van der Waals surface area contributed by atoms with Gasteiger partial charge in [-0.05, 0) is 19.3 Å². The van der Waals surface area contributed by atoms with Crippen LogP contribution < -0.4 is 5.32 Å². The van der Waals surface area contributed by atoms with Crippen LogP contribution in [0.4, 0.5) is 0 Å². The molecule has 66 valence electrons. The van der Waals surface area contributed by atoms with Crippen LogP contribution in [0, 0.1) is 5.92 Å². The van der Waals surface area contributed by atoms with E-state index >= 15 is 0 Å². The Balaban J connectivity index is 1.94. The summed E-state index contributed by atoms with van der Waals surface area (Å²) in [7, 11) is 0. The van der Waals surface area contributed by atoms with Crippen molar-refractivity contribution in [3.8, 4) is 0 Å². The Morgan fingerprint density at radius 3 is 3.09 bits per heavy atom. The normalized spacial score (nSPS) is 27.3. The van der Waals surface area contributed by atoms with Crippen LogP contribution in [0.1, 0.15) is 13.3 Å². The quantitative estimate of drug-likeness (QED) is 0.606. The largest absolute Gasteiger partial charge is 0.392 e. The van der Waals surface area contributed by atoms with E-state index in [1.165, 1.54) is 0 Å². The first-order valence-corrected chi connectivity index (χ1v) is 4.25. The van der Waals surface area contributed by atoms with Crippen molar-refractivity contribution in [1.82, 2.24) is 5.32 Å². The SMILES string of the molecule is C[C@H](O)CNCC1CCOC1. The maximum atomic E-state index is 8.93. The fourth-order valence-electron chi connectivity index (χ4n) is 1.24. The van der Waals surface area contributed by atoms with Gasteiger partial charge in [0, 0.05) is 19.7 Å². The van der Waals surface area contributed by atoms with Crippen LogP contribution in [-0.2, 0) is 4.74 Å². The lowest BCUT2D eigenvalue weighted by Gasteiger charge is -2.10. The predicted molar refractivity (Wildman–Crippen MR) is 43.5 cm³/mol. The number of aliphatic hydroxyl groups is 1. The van der Waals surface area contributed by atoms with Gasteiger partial charge < -0.3 is 15.2 Å². The molecule has 1 aliphatic heterocycles. The van der Waals surface area contributed by atoms with Crippen LogP contribution in [0.3, 0.4) is 0 Å². The first kappa shape index (κ1) is 8.97. The van der Waals surface area contributed by atoms with Gasteiger partial charge in [-0.1, -0.05) is 0 Å². The van der Waals surface area contributed by atoms with E-state index in [1.807, 2.05) is 0 Å². The van der Waals surface area contributed by atoms with E-state index in [1.54, 1.807) is 6.92 Å².